The van der Waals surface area contributed by atoms with Crippen molar-refractivity contribution in [2.45, 2.75) is 173 Å². The molecule has 77 heavy (non-hydrogen) atoms. The van der Waals surface area contributed by atoms with Crippen molar-refractivity contribution in [3.63, 3.8) is 0 Å². The first-order chi connectivity index (χ1) is 36.3. The molecule has 438 valence electrons. The quantitative estimate of drug-likeness (QED) is 0.0400. The van der Waals surface area contributed by atoms with E-state index < -0.39 is 150 Å². The fourth-order valence-electron chi connectivity index (χ4n) is 7.94. The molecule has 0 aliphatic carbocycles. The second-order valence-corrected chi connectivity index (χ2v) is 19.9. The smallest absolute Gasteiger partial charge is 0.245 e. The van der Waals surface area contributed by atoms with Crippen LogP contribution in [0, 0.1) is 17.8 Å². The Kier molecular flexibility index (Phi) is 32.0. The van der Waals surface area contributed by atoms with E-state index in [4.69, 9.17) is 22.9 Å². The van der Waals surface area contributed by atoms with Gasteiger partial charge in [-0.1, -0.05) is 54.0 Å². The molecule has 1 aliphatic rings. The monoisotopic (exact) mass is 1100 g/mol. The molecule has 0 spiro atoms. The maximum absolute atomic E-state index is 14.3. The number of carbonyl (C=O) groups is 11. The highest BCUT2D eigenvalue weighted by Gasteiger charge is 2.38. The number of hydrogen-bond acceptors (Lipinski definition) is 17. The third kappa shape index (κ3) is 24.3. The van der Waals surface area contributed by atoms with Crippen LogP contribution >= 0.6 is 0 Å². The lowest BCUT2D eigenvalue weighted by Gasteiger charge is -2.30. The largest absolute Gasteiger partial charge is 0.394 e. The Bertz CT molecular complexity index is 2010. The number of carbonyl (C=O) groups excluding carboxylic acids is 11. The van der Waals surface area contributed by atoms with E-state index in [1.165, 1.54) is 6.08 Å². The number of aliphatic hydroxyl groups is 2. The molecule has 1 heterocycles. The molecule has 0 saturated carbocycles. The van der Waals surface area contributed by atoms with E-state index >= 15 is 0 Å². The SMILES string of the molecule is C/C=C/C(=O)NC(CCN)C(=O)NC(C(=O)NC(CO)C(=O)NC1CCNC(=O)C(CC(C)C)NC(=O)C(CCN)NC(=O)C(CCN)NC(=O)C(C(C)CC)NC(=O)C(CC(C)C)NC(=O)C(CCN)NC1=O)C(C)O. The molecular formula is C49H89N15O13. The molecule has 11 amide bonds. The van der Waals surface area contributed by atoms with Crippen molar-refractivity contribution in [1.29, 1.82) is 0 Å². The minimum absolute atomic E-state index is 0.0456. The first-order valence-corrected chi connectivity index (χ1v) is 26.4. The van der Waals surface area contributed by atoms with Crippen LogP contribution in [0.4, 0.5) is 0 Å². The Balaban J connectivity index is 3.89. The molecule has 12 unspecified atom stereocenters. The Hall–Kier alpha value is -6.33. The van der Waals surface area contributed by atoms with E-state index in [1.807, 2.05) is 0 Å². The Morgan fingerprint density at radius 1 is 0.597 bits per heavy atom. The van der Waals surface area contributed by atoms with Crippen molar-refractivity contribution >= 4 is 65.0 Å². The van der Waals surface area contributed by atoms with E-state index in [-0.39, 0.29) is 83.1 Å². The zero-order valence-electron chi connectivity index (χ0n) is 45.8. The summed E-state index contributed by atoms with van der Waals surface area (Å²) in [5.74, 6) is -10.6. The fourth-order valence-corrected chi connectivity index (χ4v) is 7.94. The maximum atomic E-state index is 14.3. The predicted octanol–water partition coefficient (Wildman–Crippen LogP) is -6.16. The van der Waals surface area contributed by atoms with Gasteiger partial charge in [-0.25, -0.2) is 0 Å². The van der Waals surface area contributed by atoms with Gasteiger partial charge in [-0.3, -0.25) is 52.7 Å². The van der Waals surface area contributed by atoms with Gasteiger partial charge in [-0.15, -0.1) is 0 Å². The van der Waals surface area contributed by atoms with Gasteiger partial charge in [0.05, 0.1) is 12.7 Å². The summed E-state index contributed by atoms with van der Waals surface area (Å²) in [7, 11) is 0. The fraction of sp³-hybridized carbons (Fsp3) is 0.735. The average Bonchev–Trinajstić information content (AvgIpc) is 3.36. The molecule has 1 rings (SSSR count). The second-order valence-electron chi connectivity index (χ2n) is 19.9. The van der Waals surface area contributed by atoms with Gasteiger partial charge in [0.15, 0.2) is 0 Å². The van der Waals surface area contributed by atoms with Gasteiger partial charge in [0.25, 0.3) is 0 Å². The van der Waals surface area contributed by atoms with Gasteiger partial charge >= 0.3 is 0 Å². The summed E-state index contributed by atoms with van der Waals surface area (Å²) < 4.78 is 0. The summed E-state index contributed by atoms with van der Waals surface area (Å²) in [6, 6.07) is -14.3. The topological polar surface area (TPSA) is 465 Å². The molecule has 0 aromatic carbocycles. The van der Waals surface area contributed by atoms with Gasteiger partial charge in [0.2, 0.25) is 65.0 Å². The number of aliphatic hydroxyl groups excluding tert-OH is 2. The van der Waals surface area contributed by atoms with Crippen molar-refractivity contribution in [2.75, 3.05) is 39.3 Å². The van der Waals surface area contributed by atoms with E-state index in [9.17, 15) is 63.0 Å². The third-order valence-corrected chi connectivity index (χ3v) is 12.4. The lowest BCUT2D eigenvalue weighted by Crippen LogP contribution is -2.62. The van der Waals surface area contributed by atoms with E-state index in [0.29, 0.717) is 6.42 Å². The van der Waals surface area contributed by atoms with E-state index in [0.717, 1.165) is 13.0 Å². The highest BCUT2D eigenvalue weighted by molar-refractivity contribution is 5.99. The summed E-state index contributed by atoms with van der Waals surface area (Å²) in [6.45, 7) is 11.5. The first kappa shape index (κ1) is 68.7. The Morgan fingerprint density at radius 3 is 1.51 bits per heavy atom. The molecule has 1 fully saturated rings. The molecule has 1 saturated heterocycles. The van der Waals surface area contributed by atoms with Crippen LogP contribution in [0.15, 0.2) is 12.2 Å². The van der Waals surface area contributed by atoms with Gasteiger partial charge < -0.3 is 91.6 Å². The second kappa shape index (κ2) is 35.9. The third-order valence-electron chi connectivity index (χ3n) is 12.4. The first-order valence-electron chi connectivity index (χ1n) is 26.4. The molecule has 0 aromatic heterocycles. The van der Waals surface area contributed by atoms with E-state index in [1.54, 1.807) is 48.5 Å². The molecule has 0 radical (unpaired) electrons. The Labute approximate surface area is 450 Å². The zero-order chi connectivity index (χ0) is 58.5. The van der Waals surface area contributed by atoms with Crippen LogP contribution in [0.1, 0.15) is 107 Å². The molecule has 0 aromatic rings. The molecule has 12 atom stereocenters. The summed E-state index contributed by atoms with van der Waals surface area (Å²) in [6.07, 6.45) is 0.612. The number of nitrogens with one attached hydrogen (secondary N) is 11. The van der Waals surface area contributed by atoms with Crippen LogP contribution in [-0.2, 0) is 52.7 Å². The van der Waals surface area contributed by atoms with Crippen LogP contribution in [0.25, 0.3) is 0 Å². The summed E-state index contributed by atoms with van der Waals surface area (Å²) in [5, 5.41) is 48.8. The molecule has 0 bridgehead atoms. The summed E-state index contributed by atoms with van der Waals surface area (Å²) in [5.41, 5.74) is 23.3. The van der Waals surface area contributed by atoms with Gasteiger partial charge in [-0.2, -0.15) is 0 Å². The van der Waals surface area contributed by atoms with Crippen LogP contribution in [0.3, 0.4) is 0 Å². The highest BCUT2D eigenvalue weighted by Crippen LogP contribution is 2.13. The molecule has 28 heteroatoms. The van der Waals surface area contributed by atoms with Crippen molar-refractivity contribution < 1.29 is 63.0 Å². The highest BCUT2D eigenvalue weighted by atomic mass is 16.3. The number of amides is 11. The lowest BCUT2D eigenvalue weighted by molar-refractivity contribution is -0.137. The average molecular weight is 1100 g/mol. The number of nitrogens with two attached hydrogens (primary N) is 4. The minimum atomic E-state index is -1.85. The van der Waals surface area contributed by atoms with Gasteiger partial charge in [0, 0.05) is 6.54 Å². The molecule has 1 aliphatic heterocycles. The van der Waals surface area contributed by atoms with Gasteiger partial charge in [0.1, 0.15) is 60.4 Å². The van der Waals surface area contributed by atoms with Crippen molar-refractivity contribution in [2.24, 2.45) is 40.7 Å². The maximum Gasteiger partial charge on any atom is 0.245 e. The van der Waals surface area contributed by atoms with Gasteiger partial charge in [-0.05, 0) is 109 Å². The van der Waals surface area contributed by atoms with Crippen molar-refractivity contribution in [3.05, 3.63) is 12.2 Å². The van der Waals surface area contributed by atoms with Crippen molar-refractivity contribution in [3.8, 4) is 0 Å². The normalized spacial score (nSPS) is 23.8. The van der Waals surface area contributed by atoms with Crippen LogP contribution in [0.2, 0.25) is 0 Å². The number of hydrogen-bond donors (Lipinski definition) is 17. The van der Waals surface area contributed by atoms with Crippen LogP contribution in [0.5, 0.6) is 0 Å². The molecule has 21 N–H and O–H groups in total. The van der Waals surface area contributed by atoms with Crippen LogP contribution < -0.4 is 81.4 Å². The molecular weight excluding hydrogens is 1010 g/mol. The van der Waals surface area contributed by atoms with Crippen molar-refractivity contribution in [1.82, 2.24) is 58.5 Å². The summed E-state index contributed by atoms with van der Waals surface area (Å²) >= 11 is 0. The standard InChI is InChI=1S/C49H89N15O13/c1-9-11-37(67)55-29(12-17-50)45(73)64-39(28(8)66)49(77)62-36(24-65)47(75)58-33-16-21-54-40(68)34(22-25(3)4)60-42(70)30(13-18-51)56-41(69)32(15-20-53)59-48(76)38(27(7)10-2)63-46(74)35(23-26(5)6)61-43(71)31(14-19-52)57-44(33)72/h9,11,25-36,38-39,65-66H,10,12-24,50-53H2,1-8H3,(H,54,68)(H,55,67)(H,56,69)(H,57,72)(H,58,75)(H,59,76)(H,60,70)(H,61,71)(H,62,77)(H,63,74)(H,64,73)/b11-9+. The number of rotatable bonds is 24. The summed E-state index contributed by atoms with van der Waals surface area (Å²) in [4.78, 5) is 151. The molecule has 28 nitrogen and oxygen atoms in total. The number of allylic oxidation sites excluding steroid dienone is 1. The van der Waals surface area contributed by atoms with Crippen LogP contribution in [-0.4, -0.2) is 181 Å². The lowest BCUT2D eigenvalue weighted by atomic mass is 9.96. The van der Waals surface area contributed by atoms with E-state index in [2.05, 4.69) is 58.5 Å². The minimum Gasteiger partial charge on any atom is -0.394 e. The predicted molar refractivity (Wildman–Crippen MR) is 284 cm³/mol. The zero-order valence-corrected chi connectivity index (χ0v) is 45.8. The Morgan fingerprint density at radius 2 is 1.06 bits per heavy atom.